The predicted molar refractivity (Wildman–Crippen MR) is 80.3 cm³/mol. The molecule has 0 bridgehead atoms. The second-order valence-electron chi connectivity index (χ2n) is 5.14. The van der Waals surface area contributed by atoms with Crippen LogP contribution in [0.1, 0.15) is 24.6 Å². The second-order valence-corrected chi connectivity index (χ2v) is 7.93. The normalized spacial score (nSPS) is 22.3. The highest BCUT2D eigenvalue weighted by Crippen LogP contribution is 2.38. The van der Waals surface area contributed by atoms with Gasteiger partial charge in [-0.25, -0.2) is 13.1 Å². The van der Waals surface area contributed by atoms with Crippen molar-refractivity contribution < 1.29 is 13.5 Å². The summed E-state index contributed by atoms with van der Waals surface area (Å²) in [6.07, 6.45) is 1.90. The van der Waals surface area contributed by atoms with E-state index in [0.29, 0.717) is 16.2 Å². The Morgan fingerprint density at radius 1 is 1.40 bits per heavy atom. The molecule has 0 aliphatic heterocycles. The summed E-state index contributed by atoms with van der Waals surface area (Å²) in [5.41, 5.74) is 0. The number of benzene rings is 1. The van der Waals surface area contributed by atoms with Crippen molar-refractivity contribution in [3.05, 3.63) is 29.1 Å². The quantitative estimate of drug-likeness (QED) is 0.891. The maximum absolute atomic E-state index is 12.6. The summed E-state index contributed by atoms with van der Waals surface area (Å²) in [5.74, 6) is 0.451. The van der Waals surface area contributed by atoms with Gasteiger partial charge in [-0.05, 0) is 18.4 Å². The van der Waals surface area contributed by atoms with Crippen LogP contribution in [0.25, 0.3) is 10.1 Å². The summed E-state index contributed by atoms with van der Waals surface area (Å²) in [6.45, 7) is 1.82. The van der Waals surface area contributed by atoms with E-state index in [4.69, 9.17) is 0 Å². The van der Waals surface area contributed by atoms with Gasteiger partial charge in [0.25, 0.3) is 0 Å². The Morgan fingerprint density at radius 2 is 2.15 bits per heavy atom. The maximum Gasteiger partial charge on any atom is 0.242 e. The third-order valence-corrected chi connectivity index (χ3v) is 6.69. The largest absolute Gasteiger partial charge is 0.391 e. The third kappa shape index (κ3) is 2.37. The number of fused-ring (bicyclic) bond motifs is 1. The molecule has 0 spiro atoms. The molecule has 0 amide bonds. The Kier molecular flexibility index (Phi) is 3.58. The van der Waals surface area contributed by atoms with Crippen LogP contribution < -0.4 is 4.72 Å². The smallest absolute Gasteiger partial charge is 0.242 e. The van der Waals surface area contributed by atoms with Crippen molar-refractivity contribution in [1.29, 1.82) is 0 Å². The van der Waals surface area contributed by atoms with E-state index >= 15 is 0 Å². The molecule has 0 radical (unpaired) electrons. The fourth-order valence-electron chi connectivity index (χ4n) is 2.57. The van der Waals surface area contributed by atoms with Crippen LogP contribution in [0.3, 0.4) is 0 Å². The average molecular weight is 311 g/mol. The molecule has 1 heterocycles. The van der Waals surface area contributed by atoms with Crippen LogP contribution in [0, 0.1) is 5.92 Å². The molecule has 2 N–H and O–H groups in total. The van der Waals surface area contributed by atoms with Crippen LogP contribution in [0.4, 0.5) is 0 Å². The maximum atomic E-state index is 12.6. The van der Waals surface area contributed by atoms with Crippen molar-refractivity contribution in [1.82, 2.24) is 4.72 Å². The van der Waals surface area contributed by atoms with Crippen LogP contribution >= 0.6 is 11.3 Å². The van der Waals surface area contributed by atoms with E-state index in [1.165, 1.54) is 11.3 Å². The van der Waals surface area contributed by atoms with E-state index in [0.717, 1.165) is 17.5 Å². The first-order chi connectivity index (χ1) is 9.56. The van der Waals surface area contributed by atoms with Crippen LogP contribution in [0.2, 0.25) is 0 Å². The molecule has 1 aromatic heterocycles. The molecule has 1 saturated carbocycles. The van der Waals surface area contributed by atoms with Gasteiger partial charge in [0.2, 0.25) is 10.0 Å². The minimum Gasteiger partial charge on any atom is -0.391 e. The Morgan fingerprint density at radius 3 is 2.80 bits per heavy atom. The third-order valence-electron chi connectivity index (χ3n) is 3.78. The summed E-state index contributed by atoms with van der Waals surface area (Å²) < 4.78 is 28.8. The first-order valence-corrected chi connectivity index (χ1v) is 9.00. The summed E-state index contributed by atoms with van der Waals surface area (Å²) in [6, 6.07) is 7.42. The van der Waals surface area contributed by atoms with E-state index in [1.54, 1.807) is 6.07 Å². The Bertz CT molecular complexity index is 736. The minimum absolute atomic E-state index is 0.0511. The van der Waals surface area contributed by atoms with Crippen molar-refractivity contribution in [2.24, 2.45) is 5.92 Å². The fourth-order valence-corrected chi connectivity index (χ4v) is 5.69. The molecule has 3 rings (SSSR count). The lowest BCUT2D eigenvalue weighted by atomic mass is 10.2. The number of aliphatic hydroxyl groups is 1. The predicted octanol–water partition coefficient (Wildman–Crippen LogP) is 2.47. The Hall–Kier alpha value is -0.950. The van der Waals surface area contributed by atoms with Crippen molar-refractivity contribution in [2.75, 3.05) is 0 Å². The van der Waals surface area contributed by atoms with Crippen molar-refractivity contribution in [3.63, 3.8) is 0 Å². The average Bonchev–Trinajstić information content (AvgIpc) is 3.04. The lowest BCUT2D eigenvalue weighted by Crippen LogP contribution is -2.27. The zero-order valence-corrected chi connectivity index (χ0v) is 12.8. The molecule has 4 nitrogen and oxygen atoms in total. The number of thiophene rings is 1. The number of sulfonamides is 1. The van der Waals surface area contributed by atoms with Crippen LogP contribution in [-0.2, 0) is 16.6 Å². The van der Waals surface area contributed by atoms with Gasteiger partial charge in [0.1, 0.15) is 4.90 Å². The molecule has 6 heteroatoms. The van der Waals surface area contributed by atoms with E-state index < -0.39 is 10.0 Å². The van der Waals surface area contributed by atoms with E-state index in [-0.39, 0.29) is 17.5 Å². The molecule has 2 atom stereocenters. The summed E-state index contributed by atoms with van der Waals surface area (Å²) in [5, 5.41) is 10.1. The topological polar surface area (TPSA) is 66.4 Å². The highest BCUT2D eigenvalue weighted by molar-refractivity contribution is 7.90. The first-order valence-electron chi connectivity index (χ1n) is 6.70. The van der Waals surface area contributed by atoms with E-state index in [1.807, 2.05) is 18.2 Å². The molecule has 1 aliphatic rings. The number of rotatable bonds is 5. The summed E-state index contributed by atoms with van der Waals surface area (Å²) >= 11 is 1.34. The molecule has 1 aliphatic carbocycles. The fraction of sp³-hybridized carbons (Fsp3) is 0.429. The molecule has 108 valence electrons. The lowest BCUT2D eigenvalue weighted by molar-refractivity contribution is 0.283. The lowest BCUT2D eigenvalue weighted by Gasteiger charge is -2.07. The monoisotopic (exact) mass is 311 g/mol. The summed E-state index contributed by atoms with van der Waals surface area (Å²) in [7, 11) is -3.57. The number of nitrogens with one attached hydrogen (secondary N) is 1. The SMILES string of the molecule is CCC1CC1NS(=O)(=O)c1c(CO)sc2ccccc12. The van der Waals surface area contributed by atoms with Crippen molar-refractivity contribution in [3.8, 4) is 0 Å². The Balaban J connectivity index is 2.04. The molecule has 2 aromatic rings. The molecule has 0 saturated heterocycles. The zero-order valence-electron chi connectivity index (χ0n) is 11.2. The van der Waals surface area contributed by atoms with Gasteiger partial charge in [-0.2, -0.15) is 0 Å². The van der Waals surface area contributed by atoms with Crippen LogP contribution in [0.15, 0.2) is 29.2 Å². The molecular formula is C14H17NO3S2. The van der Waals surface area contributed by atoms with Gasteiger partial charge in [0.05, 0.1) is 11.5 Å². The Labute approximate surface area is 122 Å². The van der Waals surface area contributed by atoms with Crippen LogP contribution in [-0.4, -0.2) is 19.6 Å². The molecule has 1 fully saturated rings. The van der Waals surface area contributed by atoms with Crippen LogP contribution in [0.5, 0.6) is 0 Å². The first kappa shape index (κ1) is 14.0. The van der Waals surface area contributed by atoms with Gasteiger partial charge in [0, 0.05) is 16.1 Å². The number of aliphatic hydroxyl groups excluding tert-OH is 1. The minimum atomic E-state index is -3.57. The van der Waals surface area contributed by atoms with Gasteiger partial charge < -0.3 is 5.11 Å². The second kappa shape index (κ2) is 5.11. The zero-order chi connectivity index (χ0) is 14.3. The molecule has 2 unspecified atom stereocenters. The summed E-state index contributed by atoms with van der Waals surface area (Å²) in [4.78, 5) is 0.759. The van der Waals surface area contributed by atoms with Gasteiger partial charge in [-0.15, -0.1) is 11.3 Å². The highest BCUT2D eigenvalue weighted by atomic mass is 32.2. The number of hydrogen-bond acceptors (Lipinski definition) is 4. The van der Waals surface area contributed by atoms with Crippen molar-refractivity contribution in [2.45, 2.75) is 37.3 Å². The molecule has 1 aromatic carbocycles. The van der Waals surface area contributed by atoms with Gasteiger partial charge in [-0.3, -0.25) is 0 Å². The van der Waals surface area contributed by atoms with Crippen molar-refractivity contribution >= 4 is 31.4 Å². The highest BCUT2D eigenvalue weighted by Gasteiger charge is 2.39. The van der Waals surface area contributed by atoms with Gasteiger partial charge in [-0.1, -0.05) is 31.5 Å². The van der Waals surface area contributed by atoms with E-state index in [2.05, 4.69) is 11.6 Å². The number of hydrogen-bond donors (Lipinski definition) is 2. The van der Waals surface area contributed by atoms with E-state index in [9.17, 15) is 13.5 Å². The standard InChI is InChI=1S/C14H17NO3S2/c1-2-9-7-11(9)15-20(17,18)14-10-5-3-4-6-12(10)19-13(14)8-16/h3-6,9,11,15-16H,2,7-8H2,1H3. The van der Waals surface area contributed by atoms with Gasteiger partial charge in [0.15, 0.2) is 0 Å². The molecular weight excluding hydrogens is 294 g/mol. The van der Waals surface area contributed by atoms with Gasteiger partial charge >= 0.3 is 0 Å². The molecule has 20 heavy (non-hydrogen) atoms.